The van der Waals surface area contributed by atoms with E-state index in [0.717, 1.165) is 17.1 Å². The molecule has 2 rings (SSSR count). The van der Waals surface area contributed by atoms with Gasteiger partial charge in [-0.1, -0.05) is 18.7 Å². The Balaban J connectivity index is 2.33. The van der Waals surface area contributed by atoms with Gasteiger partial charge < -0.3 is 5.11 Å². The molecule has 0 saturated heterocycles. The average molecular weight is 264 g/mol. The van der Waals surface area contributed by atoms with E-state index in [0.29, 0.717) is 5.82 Å². The summed E-state index contributed by atoms with van der Waals surface area (Å²) >= 11 is 1.22. The maximum absolute atomic E-state index is 10.6. The van der Waals surface area contributed by atoms with Crippen LogP contribution in [0.2, 0.25) is 0 Å². The van der Waals surface area contributed by atoms with Crippen LogP contribution >= 0.6 is 11.8 Å². The van der Waals surface area contributed by atoms with Crippen molar-refractivity contribution in [3.63, 3.8) is 0 Å². The number of aryl methyl sites for hydroxylation is 1. The van der Waals surface area contributed by atoms with Gasteiger partial charge in [-0.2, -0.15) is 5.10 Å². The van der Waals surface area contributed by atoms with Gasteiger partial charge in [0.1, 0.15) is 5.03 Å². The number of hydrogen-bond donors (Lipinski definition) is 1. The van der Waals surface area contributed by atoms with Crippen molar-refractivity contribution >= 4 is 17.7 Å². The first kappa shape index (κ1) is 12.6. The summed E-state index contributed by atoms with van der Waals surface area (Å²) in [6.07, 6.45) is 5.54. The van der Waals surface area contributed by atoms with Crippen LogP contribution in [0.1, 0.15) is 12.6 Å². The van der Waals surface area contributed by atoms with E-state index in [9.17, 15) is 4.79 Å². The molecule has 0 bridgehead atoms. The SMILES string of the molecule is CCc1cc(SCC(=O)O)n(-c2cnccn2)n1. The Labute approximate surface area is 108 Å². The summed E-state index contributed by atoms with van der Waals surface area (Å²) in [4.78, 5) is 18.8. The van der Waals surface area contributed by atoms with Crippen molar-refractivity contribution in [1.29, 1.82) is 0 Å². The summed E-state index contributed by atoms with van der Waals surface area (Å²) in [5.74, 6) is -0.273. The molecular formula is C11H12N4O2S. The molecule has 0 unspecified atom stereocenters. The topological polar surface area (TPSA) is 80.9 Å². The third kappa shape index (κ3) is 2.86. The van der Waals surface area contributed by atoms with Gasteiger partial charge in [0.2, 0.25) is 0 Å². The molecule has 0 aliphatic heterocycles. The van der Waals surface area contributed by atoms with E-state index < -0.39 is 5.97 Å². The van der Waals surface area contributed by atoms with Gasteiger partial charge in [0.05, 0.1) is 17.6 Å². The minimum Gasteiger partial charge on any atom is -0.481 e. The zero-order valence-corrected chi connectivity index (χ0v) is 10.6. The van der Waals surface area contributed by atoms with Gasteiger partial charge in [-0.3, -0.25) is 9.78 Å². The molecule has 0 aromatic carbocycles. The monoisotopic (exact) mass is 264 g/mol. The van der Waals surface area contributed by atoms with Gasteiger partial charge in [-0.15, -0.1) is 0 Å². The maximum atomic E-state index is 10.6. The van der Waals surface area contributed by atoms with E-state index >= 15 is 0 Å². The lowest BCUT2D eigenvalue weighted by atomic mass is 10.3. The van der Waals surface area contributed by atoms with Crippen LogP contribution in [0.15, 0.2) is 29.7 Å². The Morgan fingerprint density at radius 2 is 2.33 bits per heavy atom. The van der Waals surface area contributed by atoms with Crippen LogP contribution in [0.3, 0.4) is 0 Å². The van der Waals surface area contributed by atoms with Crippen LogP contribution in [0.25, 0.3) is 5.82 Å². The van der Waals surface area contributed by atoms with E-state index in [1.807, 2.05) is 13.0 Å². The molecular weight excluding hydrogens is 252 g/mol. The van der Waals surface area contributed by atoms with E-state index in [4.69, 9.17) is 5.11 Å². The molecule has 94 valence electrons. The summed E-state index contributed by atoms with van der Waals surface area (Å²) in [6.45, 7) is 2.00. The number of carboxylic acids is 1. The Morgan fingerprint density at radius 3 is 2.94 bits per heavy atom. The van der Waals surface area contributed by atoms with Crippen LogP contribution in [0.5, 0.6) is 0 Å². The van der Waals surface area contributed by atoms with E-state index in [-0.39, 0.29) is 5.75 Å². The molecule has 2 heterocycles. The molecule has 0 spiro atoms. The molecule has 0 atom stereocenters. The predicted octanol–water partition coefficient (Wildman–Crippen LogP) is 1.40. The number of carboxylic acid groups (broad SMARTS) is 1. The molecule has 0 radical (unpaired) electrons. The van der Waals surface area contributed by atoms with Crippen molar-refractivity contribution in [2.45, 2.75) is 18.4 Å². The highest BCUT2D eigenvalue weighted by Crippen LogP contribution is 2.22. The molecule has 6 nitrogen and oxygen atoms in total. The Kier molecular flexibility index (Phi) is 3.93. The number of nitrogens with zero attached hydrogens (tertiary/aromatic N) is 4. The van der Waals surface area contributed by atoms with Gasteiger partial charge in [-0.25, -0.2) is 9.67 Å². The number of thioether (sulfide) groups is 1. The Bertz CT molecular complexity index is 541. The lowest BCUT2D eigenvalue weighted by molar-refractivity contribution is -0.133. The summed E-state index contributed by atoms with van der Waals surface area (Å²) < 4.78 is 1.62. The van der Waals surface area contributed by atoms with Crippen LogP contribution in [0.4, 0.5) is 0 Å². The number of aromatic nitrogens is 4. The third-order valence-corrected chi connectivity index (χ3v) is 3.18. The molecule has 18 heavy (non-hydrogen) atoms. The van der Waals surface area contributed by atoms with Crippen molar-refractivity contribution in [1.82, 2.24) is 19.7 Å². The molecule has 0 aliphatic rings. The maximum Gasteiger partial charge on any atom is 0.313 e. The first-order valence-electron chi connectivity index (χ1n) is 5.40. The van der Waals surface area contributed by atoms with E-state index in [1.54, 1.807) is 23.3 Å². The number of carbonyl (C=O) groups is 1. The molecule has 0 aliphatic carbocycles. The molecule has 2 aromatic rings. The van der Waals surface area contributed by atoms with Crippen molar-refractivity contribution in [2.75, 3.05) is 5.75 Å². The zero-order valence-electron chi connectivity index (χ0n) is 9.78. The van der Waals surface area contributed by atoms with Crippen LogP contribution in [-0.2, 0) is 11.2 Å². The minimum atomic E-state index is -0.857. The number of rotatable bonds is 5. The molecule has 1 N–H and O–H groups in total. The molecule has 0 fully saturated rings. The highest BCUT2D eigenvalue weighted by atomic mass is 32.2. The van der Waals surface area contributed by atoms with Gasteiger partial charge in [-0.05, 0) is 12.5 Å². The van der Waals surface area contributed by atoms with Gasteiger partial charge in [0, 0.05) is 12.4 Å². The summed E-state index contributed by atoms with van der Waals surface area (Å²) in [7, 11) is 0. The lowest BCUT2D eigenvalue weighted by Crippen LogP contribution is -2.04. The fourth-order valence-corrected chi connectivity index (χ4v) is 2.13. The summed E-state index contributed by atoms with van der Waals surface area (Å²) in [5, 5.41) is 13.9. The fraction of sp³-hybridized carbons (Fsp3) is 0.273. The van der Waals surface area contributed by atoms with Crippen LogP contribution in [-0.4, -0.2) is 36.6 Å². The highest BCUT2D eigenvalue weighted by Gasteiger charge is 2.11. The van der Waals surface area contributed by atoms with Gasteiger partial charge in [0.15, 0.2) is 5.82 Å². The highest BCUT2D eigenvalue weighted by molar-refractivity contribution is 7.99. The summed E-state index contributed by atoms with van der Waals surface area (Å²) in [5.41, 5.74) is 0.897. The van der Waals surface area contributed by atoms with Gasteiger partial charge in [0.25, 0.3) is 0 Å². The standard InChI is InChI=1S/C11H12N4O2S/c1-2-8-5-10(18-7-11(16)17)15(14-8)9-6-12-3-4-13-9/h3-6H,2,7H2,1H3,(H,16,17). The molecule has 0 saturated carbocycles. The first-order valence-corrected chi connectivity index (χ1v) is 6.39. The van der Waals surface area contributed by atoms with Crippen LogP contribution in [0, 0.1) is 0 Å². The van der Waals surface area contributed by atoms with E-state index in [2.05, 4.69) is 15.1 Å². The average Bonchev–Trinajstić information content (AvgIpc) is 2.80. The Hall–Kier alpha value is -1.89. The number of aliphatic carboxylic acids is 1. The number of hydrogen-bond acceptors (Lipinski definition) is 5. The summed E-state index contributed by atoms with van der Waals surface area (Å²) in [6, 6.07) is 1.88. The normalized spacial score (nSPS) is 10.5. The molecule has 7 heteroatoms. The van der Waals surface area contributed by atoms with Crippen molar-refractivity contribution in [3.05, 3.63) is 30.4 Å². The second-order valence-electron chi connectivity index (χ2n) is 3.49. The second kappa shape index (κ2) is 5.63. The van der Waals surface area contributed by atoms with Crippen molar-refractivity contribution in [3.8, 4) is 5.82 Å². The second-order valence-corrected chi connectivity index (χ2v) is 4.48. The minimum absolute atomic E-state index is 0.00485. The largest absolute Gasteiger partial charge is 0.481 e. The zero-order chi connectivity index (χ0) is 13.0. The lowest BCUT2D eigenvalue weighted by Gasteiger charge is -2.03. The molecule has 0 amide bonds. The Morgan fingerprint density at radius 1 is 1.50 bits per heavy atom. The van der Waals surface area contributed by atoms with Crippen LogP contribution < -0.4 is 0 Å². The first-order chi connectivity index (χ1) is 8.70. The van der Waals surface area contributed by atoms with Crippen molar-refractivity contribution < 1.29 is 9.90 Å². The quantitative estimate of drug-likeness (QED) is 0.822. The van der Waals surface area contributed by atoms with E-state index in [1.165, 1.54) is 11.8 Å². The van der Waals surface area contributed by atoms with Gasteiger partial charge >= 0.3 is 5.97 Å². The molecule has 2 aromatic heterocycles. The smallest absolute Gasteiger partial charge is 0.313 e. The third-order valence-electron chi connectivity index (χ3n) is 2.20. The predicted molar refractivity (Wildman–Crippen MR) is 66.9 cm³/mol. The fourth-order valence-electron chi connectivity index (χ4n) is 1.39. The van der Waals surface area contributed by atoms with Crippen molar-refractivity contribution in [2.24, 2.45) is 0 Å².